The van der Waals surface area contributed by atoms with Crippen molar-refractivity contribution in [2.24, 2.45) is 5.73 Å². The van der Waals surface area contributed by atoms with Crippen molar-refractivity contribution in [3.05, 3.63) is 23.0 Å². The van der Waals surface area contributed by atoms with E-state index in [2.05, 4.69) is 0 Å². The topological polar surface area (TPSA) is 116 Å². The Bertz CT molecular complexity index is 796. The summed E-state index contributed by atoms with van der Waals surface area (Å²) in [4.78, 5) is 13.3. The predicted molar refractivity (Wildman–Crippen MR) is 85.1 cm³/mol. The molecule has 0 bridgehead atoms. The number of rotatable bonds is 3. The highest BCUT2D eigenvalue weighted by Gasteiger charge is 2.38. The number of benzene rings is 1. The molecule has 0 saturated carbocycles. The zero-order chi connectivity index (χ0) is 17.6. The number of carbonyl (C=O) groups excluding carboxylic acids is 1. The van der Waals surface area contributed by atoms with Crippen molar-refractivity contribution in [1.82, 2.24) is 9.62 Å². The van der Waals surface area contributed by atoms with Crippen LogP contribution in [0.5, 0.6) is 5.75 Å². The van der Waals surface area contributed by atoms with Crippen LogP contribution in [0.4, 0.5) is 10.1 Å². The smallest absolute Gasteiger partial charge is 0.326 e. The first-order valence-electron chi connectivity index (χ1n) is 7.53. The van der Waals surface area contributed by atoms with E-state index in [1.54, 1.807) is 4.72 Å². The number of hydrogen-bond donors (Lipinski definition) is 3. The summed E-state index contributed by atoms with van der Waals surface area (Å²) in [6.45, 7) is 2.81. The minimum atomic E-state index is -4.19. The quantitative estimate of drug-likeness (QED) is 0.666. The SMILES string of the molecule is C[C@@H](N)CN1CCc2cc(O)c(N3CC(=O)NS3(=O)=O)c(F)c2C1. The zero-order valence-electron chi connectivity index (χ0n) is 13.1. The molecule has 1 aromatic carbocycles. The van der Waals surface area contributed by atoms with E-state index in [0.717, 1.165) is 0 Å². The third kappa shape index (κ3) is 2.92. The Labute approximate surface area is 139 Å². The maximum absolute atomic E-state index is 15.0. The third-order valence-electron chi connectivity index (χ3n) is 4.11. The molecule has 4 N–H and O–H groups in total. The van der Waals surface area contributed by atoms with Gasteiger partial charge in [0.2, 0.25) is 0 Å². The molecule has 24 heavy (non-hydrogen) atoms. The Balaban J connectivity index is 2.03. The van der Waals surface area contributed by atoms with E-state index in [-0.39, 0.29) is 12.6 Å². The first-order chi connectivity index (χ1) is 11.2. The molecule has 10 heteroatoms. The van der Waals surface area contributed by atoms with E-state index >= 15 is 0 Å². The van der Waals surface area contributed by atoms with Crippen LogP contribution in [-0.4, -0.2) is 50.0 Å². The van der Waals surface area contributed by atoms with Crippen LogP contribution >= 0.6 is 0 Å². The minimum Gasteiger partial charge on any atom is -0.506 e. The molecule has 0 unspecified atom stereocenters. The van der Waals surface area contributed by atoms with Crippen LogP contribution in [-0.2, 0) is 28.0 Å². The minimum absolute atomic E-state index is 0.0769. The molecule has 2 aliphatic rings. The van der Waals surface area contributed by atoms with Gasteiger partial charge in [-0.3, -0.25) is 9.69 Å². The number of phenols is 1. The van der Waals surface area contributed by atoms with Gasteiger partial charge in [-0.25, -0.2) is 13.4 Å². The van der Waals surface area contributed by atoms with Crippen molar-refractivity contribution >= 4 is 21.8 Å². The number of nitrogens with zero attached hydrogens (tertiary/aromatic N) is 2. The maximum Gasteiger partial charge on any atom is 0.326 e. The lowest BCUT2D eigenvalue weighted by Gasteiger charge is -2.31. The molecular formula is C14H19FN4O4S. The molecule has 132 valence electrons. The standard InChI is InChI=1S/C14H19FN4O4S/c1-8(16)5-18-3-2-9-4-11(20)14(13(15)10(9)6-18)19-7-12(21)17-24(19,22)23/h4,8,20H,2-3,5-7,16H2,1H3,(H,17,21)/t8-/m1/s1. The highest BCUT2D eigenvalue weighted by Crippen LogP contribution is 2.38. The molecule has 0 spiro atoms. The summed E-state index contributed by atoms with van der Waals surface area (Å²) in [7, 11) is -4.19. The fourth-order valence-corrected chi connectivity index (χ4v) is 4.30. The van der Waals surface area contributed by atoms with E-state index in [0.29, 0.717) is 34.9 Å². The molecule has 0 radical (unpaired) electrons. The number of halogens is 1. The maximum atomic E-state index is 15.0. The van der Waals surface area contributed by atoms with Crippen molar-refractivity contribution in [2.75, 3.05) is 23.9 Å². The Hall–Kier alpha value is -1.91. The third-order valence-corrected chi connectivity index (χ3v) is 5.49. The predicted octanol–water partition coefficient (Wildman–Crippen LogP) is -0.582. The fourth-order valence-electron chi connectivity index (χ4n) is 3.14. The van der Waals surface area contributed by atoms with E-state index in [9.17, 15) is 22.7 Å². The molecule has 8 nitrogen and oxygen atoms in total. The van der Waals surface area contributed by atoms with Crippen LogP contribution < -0.4 is 14.8 Å². The molecule has 2 aliphatic heterocycles. The van der Waals surface area contributed by atoms with Gasteiger partial charge in [-0.1, -0.05) is 0 Å². The van der Waals surface area contributed by atoms with Crippen LogP contribution in [0.2, 0.25) is 0 Å². The first-order valence-corrected chi connectivity index (χ1v) is 8.97. The van der Waals surface area contributed by atoms with Gasteiger partial charge in [0, 0.05) is 31.2 Å². The van der Waals surface area contributed by atoms with Crippen molar-refractivity contribution in [2.45, 2.75) is 25.9 Å². The number of nitrogens with two attached hydrogens (primary N) is 1. The number of hydrogen-bond acceptors (Lipinski definition) is 6. The number of fused-ring (bicyclic) bond motifs is 1. The summed E-state index contributed by atoms with van der Waals surface area (Å²) in [5, 5.41) is 10.1. The lowest BCUT2D eigenvalue weighted by atomic mass is 9.97. The van der Waals surface area contributed by atoms with Crippen molar-refractivity contribution in [3.63, 3.8) is 0 Å². The molecule has 1 saturated heterocycles. The number of aromatic hydroxyl groups is 1. The van der Waals surface area contributed by atoms with Crippen molar-refractivity contribution in [3.8, 4) is 5.75 Å². The Morgan fingerprint density at radius 1 is 1.46 bits per heavy atom. The number of carbonyl (C=O) groups is 1. The van der Waals surface area contributed by atoms with Gasteiger partial charge < -0.3 is 10.8 Å². The van der Waals surface area contributed by atoms with E-state index in [1.165, 1.54) is 6.07 Å². The van der Waals surface area contributed by atoms with Gasteiger partial charge in [0.15, 0.2) is 5.82 Å². The Kier molecular flexibility index (Phi) is 4.14. The molecule has 0 aliphatic carbocycles. The zero-order valence-corrected chi connectivity index (χ0v) is 13.9. The van der Waals surface area contributed by atoms with Crippen LogP contribution in [0, 0.1) is 5.82 Å². The number of anilines is 1. The normalized spacial score (nSPS) is 21.5. The second kappa shape index (κ2) is 5.87. The van der Waals surface area contributed by atoms with E-state index in [1.807, 2.05) is 11.8 Å². The molecule has 1 amide bonds. The second-order valence-electron chi connectivity index (χ2n) is 6.20. The Morgan fingerprint density at radius 3 is 2.75 bits per heavy atom. The lowest BCUT2D eigenvalue weighted by Crippen LogP contribution is -2.39. The average molecular weight is 358 g/mol. The molecule has 3 rings (SSSR count). The van der Waals surface area contributed by atoms with Gasteiger partial charge in [-0.05, 0) is 25.0 Å². The van der Waals surface area contributed by atoms with Gasteiger partial charge in [-0.2, -0.15) is 8.42 Å². The number of amides is 1. The second-order valence-corrected chi connectivity index (χ2v) is 7.79. The molecule has 1 fully saturated rings. The van der Waals surface area contributed by atoms with Crippen LogP contribution in [0.1, 0.15) is 18.1 Å². The monoisotopic (exact) mass is 358 g/mol. The van der Waals surface area contributed by atoms with Gasteiger partial charge in [0.1, 0.15) is 18.0 Å². The van der Waals surface area contributed by atoms with E-state index < -0.39 is 39.9 Å². The summed E-state index contributed by atoms with van der Waals surface area (Å²) in [5.41, 5.74) is 6.24. The van der Waals surface area contributed by atoms with E-state index in [4.69, 9.17) is 5.73 Å². The fraction of sp³-hybridized carbons (Fsp3) is 0.500. The molecule has 1 atom stereocenters. The molecule has 1 aromatic rings. The number of nitrogens with one attached hydrogen (secondary N) is 1. The van der Waals surface area contributed by atoms with Crippen molar-refractivity contribution in [1.29, 1.82) is 0 Å². The summed E-state index contributed by atoms with van der Waals surface area (Å²) in [6.07, 6.45) is 0.525. The van der Waals surface area contributed by atoms with Crippen LogP contribution in [0.15, 0.2) is 6.07 Å². The molecule has 2 heterocycles. The number of phenolic OH excluding ortho intramolecular Hbond substituents is 1. The summed E-state index contributed by atoms with van der Waals surface area (Å²) in [6, 6.07) is 1.29. The summed E-state index contributed by atoms with van der Waals surface area (Å²) >= 11 is 0. The largest absolute Gasteiger partial charge is 0.506 e. The van der Waals surface area contributed by atoms with Crippen LogP contribution in [0.25, 0.3) is 0 Å². The Morgan fingerprint density at radius 2 is 2.17 bits per heavy atom. The highest BCUT2D eigenvalue weighted by atomic mass is 32.2. The van der Waals surface area contributed by atoms with Crippen LogP contribution in [0.3, 0.4) is 0 Å². The summed E-state index contributed by atoms with van der Waals surface area (Å²) in [5.74, 6) is -2.09. The summed E-state index contributed by atoms with van der Waals surface area (Å²) < 4.78 is 41.2. The van der Waals surface area contributed by atoms with Gasteiger partial charge in [0.25, 0.3) is 5.91 Å². The molecule has 0 aromatic heterocycles. The van der Waals surface area contributed by atoms with Gasteiger partial charge in [0.05, 0.1) is 0 Å². The first kappa shape index (κ1) is 16.9. The molecular weight excluding hydrogens is 339 g/mol. The van der Waals surface area contributed by atoms with Crippen molar-refractivity contribution < 1.29 is 22.7 Å². The van der Waals surface area contributed by atoms with Gasteiger partial charge >= 0.3 is 10.2 Å². The lowest BCUT2D eigenvalue weighted by molar-refractivity contribution is -0.117. The van der Waals surface area contributed by atoms with Gasteiger partial charge in [-0.15, -0.1) is 0 Å². The highest BCUT2D eigenvalue weighted by molar-refractivity contribution is 7.92. The average Bonchev–Trinajstić information content (AvgIpc) is 2.72.